The van der Waals surface area contributed by atoms with Gasteiger partial charge in [-0.25, -0.2) is 0 Å². The van der Waals surface area contributed by atoms with Crippen molar-refractivity contribution < 1.29 is 24.9 Å². The van der Waals surface area contributed by atoms with Crippen LogP contribution in [-0.4, -0.2) is 63.8 Å². The molecule has 0 spiro atoms. The maximum atomic E-state index is 11.9. The summed E-state index contributed by atoms with van der Waals surface area (Å²) in [7, 11) is 0. The van der Waals surface area contributed by atoms with Crippen LogP contribution in [0.25, 0.3) is 10.4 Å². The highest BCUT2D eigenvalue weighted by Crippen LogP contribution is 2.28. The van der Waals surface area contributed by atoms with Crippen molar-refractivity contribution in [2.45, 2.75) is 37.4 Å². The Labute approximate surface area is 132 Å². The van der Waals surface area contributed by atoms with E-state index in [4.69, 9.17) is 15.4 Å². The number of carbonyl (C=O) groups excluding carboxylic acids is 1. The molecule has 2 aliphatic heterocycles. The summed E-state index contributed by atoms with van der Waals surface area (Å²) in [6.07, 6.45) is -2.05. The summed E-state index contributed by atoms with van der Waals surface area (Å²) >= 11 is 0. The number of nitrogens with one attached hydrogen (secondary N) is 1. The summed E-state index contributed by atoms with van der Waals surface area (Å²) in [5.41, 5.74) is 8.64. The number of ether oxygens (including phenoxy) is 1. The van der Waals surface area contributed by atoms with Crippen LogP contribution >= 0.6 is 0 Å². The van der Waals surface area contributed by atoms with Crippen LogP contribution in [0.5, 0.6) is 0 Å². The van der Waals surface area contributed by atoms with E-state index in [1.165, 1.54) is 11.1 Å². The number of aliphatic hydroxyl groups is 3. The Balaban J connectivity index is 2.13. The average Bonchev–Trinajstić information content (AvgIpc) is 2.81. The van der Waals surface area contributed by atoms with Crippen molar-refractivity contribution in [3.63, 3.8) is 0 Å². The predicted molar refractivity (Wildman–Crippen MR) is 78.2 cm³/mol. The van der Waals surface area contributed by atoms with Crippen LogP contribution in [0.1, 0.15) is 12.8 Å². The quantitative estimate of drug-likeness (QED) is 0.219. The van der Waals surface area contributed by atoms with Gasteiger partial charge in [0.2, 0.25) is 0 Å². The number of hydrogen-bond donors (Lipinski definition) is 4. The Hall–Kier alpha value is -2.10. The Morgan fingerprint density at radius 1 is 1.48 bits per heavy atom. The van der Waals surface area contributed by atoms with Crippen LogP contribution in [0.3, 0.4) is 0 Å². The molecule has 2 aliphatic rings. The van der Waals surface area contributed by atoms with Crippen LogP contribution in [-0.2, 0) is 9.53 Å². The molecular weight excluding hydrogens is 306 g/mol. The summed E-state index contributed by atoms with van der Waals surface area (Å²) in [6.45, 7) is 3.51. The highest BCUT2D eigenvalue weighted by atomic mass is 16.6. The largest absolute Gasteiger partial charge is 0.394 e. The summed E-state index contributed by atoms with van der Waals surface area (Å²) in [6, 6.07) is 0. The fourth-order valence-corrected chi connectivity index (χ4v) is 2.48. The first kappa shape index (κ1) is 17.3. The molecule has 0 aliphatic carbocycles. The topological polar surface area (TPSA) is 151 Å². The van der Waals surface area contributed by atoms with Crippen molar-refractivity contribution in [3.8, 4) is 0 Å². The van der Waals surface area contributed by atoms with Gasteiger partial charge in [0.25, 0.3) is 5.91 Å². The lowest BCUT2D eigenvalue weighted by Gasteiger charge is -2.34. The van der Waals surface area contributed by atoms with Crippen molar-refractivity contribution in [1.82, 2.24) is 10.2 Å². The zero-order valence-corrected chi connectivity index (χ0v) is 12.4. The molecule has 126 valence electrons. The van der Waals surface area contributed by atoms with Gasteiger partial charge in [-0.05, 0) is 18.4 Å². The fraction of sp³-hybridized carbons (Fsp3) is 0.615. The lowest BCUT2D eigenvalue weighted by Crippen LogP contribution is -2.47. The van der Waals surface area contributed by atoms with E-state index < -0.39 is 31.1 Å². The zero-order valence-electron chi connectivity index (χ0n) is 12.4. The molecule has 1 unspecified atom stereocenters. The van der Waals surface area contributed by atoms with E-state index in [1.807, 2.05) is 0 Å². The number of rotatable bonds is 6. The average molecular weight is 325 g/mol. The molecule has 0 aromatic rings. The van der Waals surface area contributed by atoms with Crippen LogP contribution in [0.2, 0.25) is 0 Å². The smallest absolute Gasteiger partial charge is 0.254 e. The molecule has 1 saturated heterocycles. The van der Waals surface area contributed by atoms with E-state index in [9.17, 15) is 15.0 Å². The Bertz CT molecular complexity index is 559. The summed E-state index contributed by atoms with van der Waals surface area (Å²) in [4.78, 5) is 16.0. The standard InChI is InChI=1S/C13H19N5O5/c1-7-16-12(22)8(3-2-4-15-17-14)5-18(7)13-11(21)10(20)9(6-19)23-13/h5,9-11,13,19-21H,1-4,6H2,(H,16,22)/t9-,10?,11+,13-/m1/s1. The molecule has 1 fully saturated rings. The Morgan fingerprint density at radius 2 is 2.22 bits per heavy atom. The number of nitrogens with zero attached hydrogens (tertiary/aromatic N) is 4. The van der Waals surface area contributed by atoms with Gasteiger partial charge in [0, 0.05) is 23.2 Å². The molecule has 0 aromatic carbocycles. The maximum absolute atomic E-state index is 11.9. The predicted octanol–water partition coefficient (Wildman–Crippen LogP) is -0.697. The highest BCUT2D eigenvalue weighted by Gasteiger charge is 2.46. The van der Waals surface area contributed by atoms with Gasteiger partial charge in [-0.2, -0.15) is 0 Å². The lowest BCUT2D eigenvalue weighted by molar-refractivity contribution is -0.120. The van der Waals surface area contributed by atoms with Crippen LogP contribution in [0.15, 0.2) is 29.3 Å². The number of azide groups is 1. The Morgan fingerprint density at radius 3 is 2.83 bits per heavy atom. The second-order valence-electron chi connectivity index (χ2n) is 5.25. The molecule has 10 nitrogen and oxygen atoms in total. The van der Waals surface area contributed by atoms with E-state index in [0.29, 0.717) is 18.4 Å². The monoisotopic (exact) mass is 325 g/mol. The molecule has 0 bridgehead atoms. The van der Waals surface area contributed by atoms with Gasteiger partial charge in [-0.3, -0.25) is 4.79 Å². The third kappa shape index (κ3) is 3.63. The molecule has 2 rings (SSSR count). The molecule has 2 heterocycles. The third-order valence-corrected chi connectivity index (χ3v) is 3.71. The van der Waals surface area contributed by atoms with Crippen molar-refractivity contribution in [2.24, 2.45) is 5.11 Å². The van der Waals surface area contributed by atoms with Gasteiger partial charge >= 0.3 is 0 Å². The number of carbonyl (C=O) groups is 1. The first-order valence-corrected chi connectivity index (χ1v) is 7.12. The number of hydrogen-bond acceptors (Lipinski definition) is 7. The molecule has 0 radical (unpaired) electrons. The van der Waals surface area contributed by atoms with Gasteiger partial charge in [0.05, 0.1) is 6.61 Å². The first-order chi connectivity index (χ1) is 11.0. The van der Waals surface area contributed by atoms with Crippen molar-refractivity contribution in [1.29, 1.82) is 0 Å². The van der Waals surface area contributed by atoms with Crippen molar-refractivity contribution >= 4 is 5.91 Å². The van der Waals surface area contributed by atoms with E-state index >= 15 is 0 Å². The first-order valence-electron chi connectivity index (χ1n) is 7.12. The van der Waals surface area contributed by atoms with E-state index in [2.05, 4.69) is 21.9 Å². The Kier molecular flexibility index (Phi) is 5.59. The third-order valence-electron chi connectivity index (χ3n) is 3.71. The van der Waals surface area contributed by atoms with Crippen LogP contribution in [0, 0.1) is 0 Å². The summed E-state index contributed by atoms with van der Waals surface area (Å²) in [5.74, 6) is -0.137. The SMILES string of the molecule is C=C1NC(=O)C(CCCN=[N+]=[N-])=CN1[C@@H]1O[C@H](CO)C(O)[C@@H]1O. The maximum Gasteiger partial charge on any atom is 0.254 e. The molecular formula is C13H19N5O5. The molecule has 0 saturated carbocycles. The van der Waals surface area contributed by atoms with E-state index in [-0.39, 0.29) is 18.3 Å². The summed E-state index contributed by atoms with van der Waals surface area (Å²) < 4.78 is 5.42. The van der Waals surface area contributed by atoms with Gasteiger partial charge in [0.15, 0.2) is 6.23 Å². The highest BCUT2D eigenvalue weighted by molar-refractivity contribution is 5.95. The van der Waals surface area contributed by atoms with Gasteiger partial charge in [-0.1, -0.05) is 11.7 Å². The summed E-state index contributed by atoms with van der Waals surface area (Å²) in [5, 5.41) is 35.0. The van der Waals surface area contributed by atoms with Crippen LogP contribution < -0.4 is 5.32 Å². The number of aliphatic hydroxyl groups excluding tert-OH is 3. The fourth-order valence-electron chi connectivity index (χ4n) is 2.48. The zero-order chi connectivity index (χ0) is 17.0. The van der Waals surface area contributed by atoms with Gasteiger partial charge in [-0.15, -0.1) is 0 Å². The minimum atomic E-state index is -1.26. The van der Waals surface area contributed by atoms with Crippen molar-refractivity contribution in [2.75, 3.05) is 13.2 Å². The number of amides is 1. The molecule has 23 heavy (non-hydrogen) atoms. The van der Waals surface area contributed by atoms with Crippen molar-refractivity contribution in [3.05, 3.63) is 34.6 Å². The normalized spacial score (nSPS) is 30.7. The lowest BCUT2D eigenvalue weighted by atomic mass is 10.1. The molecule has 4 N–H and O–H groups in total. The molecule has 1 amide bonds. The van der Waals surface area contributed by atoms with E-state index in [0.717, 1.165) is 0 Å². The van der Waals surface area contributed by atoms with E-state index in [1.54, 1.807) is 0 Å². The van der Waals surface area contributed by atoms with Gasteiger partial charge in [0.1, 0.15) is 24.1 Å². The van der Waals surface area contributed by atoms with Gasteiger partial charge < -0.3 is 30.3 Å². The molecule has 10 heteroatoms. The molecule has 0 aromatic heterocycles. The second-order valence-corrected chi connectivity index (χ2v) is 5.25. The molecule has 4 atom stereocenters. The minimum Gasteiger partial charge on any atom is -0.394 e. The minimum absolute atomic E-state index is 0.198. The van der Waals surface area contributed by atoms with Crippen LogP contribution in [0.4, 0.5) is 0 Å². The second kappa shape index (κ2) is 7.44.